The number of ether oxygens (including phenoxy) is 2. The van der Waals surface area contributed by atoms with E-state index in [-0.39, 0.29) is 5.75 Å². The normalized spacial score (nSPS) is 10.4. The Balaban J connectivity index is 0.000000245. The van der Waals surface area contributed by atoms with Crippen LogP contribution in [0, 0.1) is 0 Å². The molecule has 0 aliphatic rings. The molecule has 3 rings (SSSR count). The Morgan fingerprint density at radius 1 is 0.839 bits per heavy atom. The molecule has 0 radical (unpaired) electrons. The number of methoxy groups -OCH3 is 1. The second-order valence-electron chi connectivity index (χ2n) is 6.25. The van der Waals surface area contributed by atoms with Gasteiger partial charge in [0.15, 0.2) is 11.5 Å². The first-order chi connectivity index (χ1) is 15.0. The summed E-state index contributed by atoms with van der Waals surface area (Å²) in [7, 11) is 1.54. The summed E-state index contributed by atoms with van der Waals surface area (Å²) in [5, 5.41) is 9.25. The first-order valence-electron chi connectivity index (χ1n) is 9.57. The number of phenolic OH excluding ortho intramolecular Hbond substituents is 1. The Kier molecular flexibility index (Phi) is 9.30. The molecule has 31 heavy (non-hydrogen) atoms. The number of hydrogen-bond donors (Lipinski definition) is 1. The lowest BCUT2D eigenvalue weighted by Crippen LogP contribution is -2.09. The topological polar surface area (TPSA) is 72.8 Å². The van der Waals surface area contributed by atoms with Crippen molar-refractivity contribution >= 4 is 24.1 Å². The maximum Gasteiger partial charge on any atom is 0.346 e. The molecule has 0 heterocycles. The molecule has 0 atom stereocenters. The highest BCUT2D eigenvalue weighted by molar-refractivity contribution is 6.01. The van der Waals surface area contributed by atoms with Crippen LogP contribution in [0.25, 0.3) is 12.2 Å². The Labute approximate surface area is 181 Å². The quantitative estimate of drug-likeness (QED) is 0.337. The molecule has 0 amide bonds. The molecule has 0 aliphatic heterocycles. The number of carbonyl (C=O) groups is 2. The lowest BCUT2D eigenvalue weighted by atomic mass is 10.2. The van der Waals surface area contributed by atoms with Gasteiger partial charge < -0.3 is 14.6 Å². The average Bonchev–Trinajstić information content (AvgIpc) is 2.81. The lowest BCUT2D eigenvalue weighted by Gasteiger charge is -2.03. The van der Waals surface area contributed by atoms with Crippen LogP contribution in [0.5, 0.6) is 11.5 Å². The van der Waals surface area contributed by atoms with Gasteiger partial charge >= 0.3 is 11.9 Å². The number of allylic oxidation sites excluding steroid dienone is 1. The maximum absolute atomic E-state index is 11.6. The van der Waals surface area contributed by atoms with Gasteiger partial charge in [-0.05, 0) is 48.4 Å². The van der Waals surface area contributed by atoms with E-state index in [0.29, 0.717) is 11.3 Å². The number of carbonyl (C=O) groups excluding carboxylic acids is 2. The molecule has 3 aromatic carbocycles. The van der Waals surface area contributed by atoms with Gasteiger partial charge in [0.25, 0.3) is 0 Å². The van der Waals surface area contributed by atoms with Gasteiger partial charge in [-0.1, -0.05) is 66.7 Å². The van der Waals surface area contributed by atoms with E-state index in [1.807, 2.05) is 55.5 Å². The first-order valence-corrected chi connectivity index (χ1v) is 9.57. The Hall–Kier alpha value is -4.12. The van der Waals surface area contributed by atoms with E-state index in [2.05, 4.69) is 0 Å². The minimum Gasteiger partial charge on any atom is -0.504 e. The predicted octanol–water partition coefficient (Wildman–Crippen LogP) is 5.52. The lowest BCUT2D eigenvalue weighted by molar-refractivity contribution is -0.132. The second-order valence-corrected chi connectivity index (χ2v) is 6.25. The summed E-state index contributed by atoms with van der Waals surface area (Å²) in [4.78, 5) is 23.1. The van der Waals surface area contributed by atoms with Gasteiger partial charge in [-0.2, -0.15) is 0 Å². The number of rotatable bonds is 5. The molecule has 5 heteroatoms. The van der Waals surface area contributed by atoms with E-state index < -0.39 is 11.9 Å². The Morgan fingerprint density at radius 2 is 1.48 bits per heavy atom. The van der Waals surface area contributed by atoms with Crippen LogP contribution in [0.3, 0.4) is 0 Å². The molecule has 0 unspecified atom stereocenters. The Morgan fingerprint density at radius 3 is 2.10 bits per heavy atom. The van der Waals surface area contributed by atoms with Gasteiger partial charge in [0.1, 0.15) is 0 Å². The third-order valence-electron chi connectivity index (χ3n) is 3.98. The van der Waals surface area contributed by atoms with Gasteiger partial charge in [-0.3, -0.25) is 0 Å². The number of hydrogen-bond acceptors (Lipinski definition) is 5. The van der Waals surface area contributed by atoms with Gasteiger partial charge in [0, 0.05) is 6.08 Å². The minimum absolute atomic E-state index is 0.172. The SMILES string of the molecule is C/C=C/c1ccc(O)c(OC)c1.O=C(/C=C/c1ccccc1)OC(=O)c1ccccc1. The molecule has 0 aliphatic carbocycles. The standard InChI is InChI=1S/C16H12O3.C10H12O2/c17-15(12-11-13-7-3-1-4-8-13)19-16(18)14-9-5-2-6-10-14;1-3-4-8-5-6-9(11)10(7-8)12-2/h1-12H;3-7,11H,1-2H3/b12-11+;4-3+. The van der Waals surface area contributed by atoms with Crippen LogP contribution in [-0.4, -0.2) is 24.2 Å². The fourth-order valence-corrected chi connectivity index (χ4v) is 2.48. The fraction of sp³-hybridized carbons (Fsp3) is 0.0769. The van der Waals surface area contributed by atoms with Crippen molar-refractivity contribution in [1.29, 1.82) is 0 Å². The van der Waals surface area contributed by atoms with E-state index in [1.54, 1.807) is 48.5 Å². The van der Waals surface area contributed by atoms with Crippen LogP contribution in [0.15, 0.2) is 91.0 Å². The summed E-state index contributed by atoms with van der Waals surface area (Å²) in [6, 6.07) is 22.9. The highest BCUT2D eigenvalue weighted by Crippen LogP contribution is 2.26. The summed E-state index contributed by atoms with van der Waals surface area (Å²) < 4.78 is 9.64. The third-order valence-corrected chi connectivity index (χ3v) is 3.98. The van der Waals surface area contributed by atoms with Crippen molar-refractivity contribution < 1.29 is 24.2 Å². The smallest absolute Gasteiger partial charge is 0.346 e. The maximum atomic E-state index is 11.6. The summed E-state index contributed by atoms with van der Waals surface area (Å²) in [6.07, 6.45) is 6.71. The largest absolute Gasteiger partial charge is 0.504 e. The summed E-state index contributed by atoms with van der Waals surface area (Å²) in [5.41, 5.74) is 2.24. The zero-order chi connectivity index (χ0) is 22.5. The molecule has 0 fully saturated rings. The van der Waals surface area contributed by atoms with Crippen LogP contribution in [-0.2, 0) is 9.53 Å². The molecule has 0 spiro atoms. The minimum atomic E-state index is -0.683. The predicted molar refractivity (Wildman–Crippen MR) is 122 cm³/mol. The molecule has 158 valence electrons. The van der Waals surface area contributed by atoms with E-state index in [4.69, 9.17) is 9.47 Å². The number of aromatic hydroxyl groups is 1. The van der Waals surface area contributed by atoms with Crippen LogP contribution in [0.2, 0.25) is 0 Å². The van der Waals surface area contributed by atoms with Crippen molar-refractivity contribution in [3.8, 4) is 11.5 Å². The van der Waals surface area contributed by atoms with Gasteiger partial charge in [0.2, 0.25) is 0 Å². The van der Waals surface area contributed by atoms with Gasteiger partial charge in [-0.15, -0.1) is 0 Å². The molecule has 1 N–H and O–H groups in total. The average molecular weight is 416 g/mol. The number of benzene rings is 3. The monoisotopic (exact) mass is 416 g/mol. The zero-order valence-electron chi connectivity index (χ0n) is 17.4. The fourth-order valence-electron chi connectivity index (χ4n) is 2.48. The molecule has 5 nitrogen and oxygen atoms in total. The van der Waals surface area contributed by atoms with Crippen molar-refractivity contribution in [2.24, 2.45) is 0 Å². The zero-order valence-corrected chi connectivity index (χ0v) is 17.4. The van der Waals surface area contributed by atoms with Crippen molar-refractivity contribution in [2.75, 3.05) is 7.11 Å². The summed E-state index contributed by atoms with van der Waals surface area (Å²) in [5.74, 6) is -0.655. The van der Waals surface area contributed by atoms with E-state index in [1.165, 1.54) is 13.2 Å². The van der Waals surface area contributed by atoms with Gasteiger partial charge in [-0.25, -0.2) is 9.59 Å². The van der Waals surface area contributed by atoms with E-state index in [0.717, 1.165) is 11.1 Å². The van der Waals surface area contributed by atoms with Crippen molar-refractivity contribution in [2.45, 2.75) is 6.92 Å². The number of esters is 2. The molecule has 0 aromatic heterocycles. The molecule has 0 saturated heterocycles. The van der Waals surface area contributed by atoms with Crippen LogP contribution < -0.4 is 4.74 Å². The van der Waals surface area contributed by atoms with Gasteiger partial charge in [0.05, 0.1) is 12.7 Å². The second kappa shape index (κ2) is 12.4. The summed E-state index contributed by atoms with van der Waals surface area (Å²) in [6.45, 7) is 1.94. The highest BCUT2D eigenvalue weighted by atomic mass is 16.6. The highest BCUT2D eigenvalue weighted by Gasteiger charge is 2.09. The van der Waals surface area contributed by atoms with Crippen LogP contribution in [0.4, 0.5) is 0 Å². The Bertz CT molecular complexity index is 1040. The molecule has 0 saturated carbocycles. The molecular weight excluding hydrogens is 392 g/mol. The third kappa shape index (κ3) is 8.03. The molecule has 0 bridgehead atoms. The summed E-state index contributed by atoms with van der Waals surface area (Å²) >= 11 is 0. The van der Waals surface area contributed by atoms with Crippen molar-refractivity contribution in [3.05, 3.63) is 108 Å². The van der Waals surface area contributed by atoms with Crippen molar-refractivity contribution in [3.63, 3.8) is 0 Å². The van der Waals surface area contributed by atoms with Crippen LogP contribution >= 0.6 is 0 Å². The van der Waals surface area contributed by atoms with E-state index in [9.17, 15) is 14.7 Å². The van der Waals surface area contributed by atoms with Crippen LogP contribution in [0.1, 0.15) is 28.4 Å². The first kappa shape index (κ1) is 23.2. The van der Waals surface area contributed by atoms with E-state index >= 15 is 0 Å². The molecule has 3 aromatic rings. The number of phenols is 1. The molecular formula is C26H24O5. The van der Waals surface area contributed by atoms with Crippen molar-refractivity contribution in [1.82, 2.24) is 0 Å².